The first-order valence-corrected chi connectivity index (χ1v) is 8.29. The van der Waals surface area contributed by atoms with Crippen LogP contribution >= 0.6 is 0 Å². The van der Waals surface area contributed by atoms with Crippen LogP contribution in [0.2, 0.25) is 0 Å². The number of hydrogen-bond acceptors (Lipinski definition) is 3. The molecule has 1 heterocycles. The van der Waals surface area contributed by atoms with Crippen LogP contribution in [0.25, 0.3) is 0 Å². The molecule has 3 rings (SSSR count). The summed E-state index contributed by atoms with van der Waals surface area (Å²) in [6.07, 6.45) is 7.90. The number of pyridine rings is 1. The molecule has 120 valence electrons. The van der Waals surface area contributed by atoms with E-state index in [2.05, 4.69) is 12.2 Å². The van der Waals surface area contributed by atoms with Gasteiger partial charge in [-0.05, 0) is 49.1 Å². The lowest BCUT2D eigenvalue weighted by Gasteiger charge is -2.44. The van der Waals surface area contributed by atoms with Crippen molar-refractivity contribution in [3.63, 3.8) is 0 Å². The van der Waals surface area contributed by atoms with Crippen molar-refractivity contribution in [3.8, 4) is 0 Å². The van der Waals surface area contributed by atoms with Gasteiger partial charge in [0.05, 0.1) is 5.69 Å². The van der Waals surface area contributed by atoms with E-state index in [0.717, 1.165) is 5.92 Å². The third-order valence-electron chi connectivity index (χ3n) is 5.34. The van der Waals surface area contributed by atoms with E-state index in [1.807, 2.05) is 0 Å². The average Bonchev–Trinajstić information content (AvgIpc) is 2.48. The summed E-state index contributed by atoms with van der Waals surface area (Å²) in [4.78, 5) is 24.2. The molecule has 4 atom stereocenters. The van der Waals surface area contributed by atoms with Crippen molar-refractivity contribution < 1.29 is 4.79 Å². The van der Waals surface area contributed by atoms with Crippen molar-refractivity contribution in [2.24, 2.45) is 17.8 Å². The van der Waals surface area contributed by atoms with Crippen LogP contribution in [0, 0.1) is 17.8 Å². The van der Waals surface area contributed by atoms with E-state index in [0.29, 0.717) is 11.8 Å². The minimum atomic E-state index is -0.299. The Morgan fingerprint density at radius 3 is 3.05 bits per heavy atom. The molecule has 0 radical (unpaired) electrons. The number of nitrogens with two attached hydrogens (primary N) is 1. The molecule has 0 spiro atoms. The van der Waals surface area contributed by atoms with E-state index in [4.69, 9.17) is 5.73 Å². The summed E-state index contributed by atoms with van der Waals surface area (Å²) in [5.74, 6) is 1.88. The molecule has 5 nitrogen and oxygen atoms in total. The van der Waals surface area contributed by atoms with Crippen molar-refractivity contribution in [2.75, 3.05) is 5.73 Å². The number of rotatable bonds is 3. The molecule has 0 aliphatic heterocycles. The summed E-state index contributed by atoms with van der Waals surface area (Å²) >= 11 is 0. The third-order valence-corrected chi connectivity index (χ3v) is 5.34. The van der Waals surface area contributed by atoms with Gasteiger partial charge >= 0.3 is 0 Å². The molecule has 2 aliphatic carbocycles. The second-order valence-corrected chi connectivity index (χ2v) is 7.00. The van der Waals surface area contributed by atoms with Crippen molar-refractivity contribution in [1.29, 1.82) is 0 Å². The molecule has 1 amide bonds. The van der Waals surface area contributed by atoms with Gasteiger partial charge in [0.25, 0.3) is 5.56 Å². The minimum Gasteiger partial charge on any atom is -0.394 e. The summed E-state index contributed by atoms with van der Waals surface area (Å²) < 4.78 is 1.38. The lowest BCUT2D eigenvalue weighted by Crippen LogP contribution is -2.50. The van der Waals surface area contributed by atoms with Crippen LogP contribution in [-0.4, -0.2) is 16.5 Å². The number of nitrogen functional groups attached to an aromatic ring is 1. The quantitative estimate of drug-likeness (QED) is 0.893. The first kappa shape index (κ1) is 15.1. The zero-order chi connectivity index (χ0) is 15.7. The molecular formula is C17H25N3O2. The van der Waals surface area contributed by atoms with Gasteiger partial charge in [-0.15, -0.1) is 0 Å². The summed E-state index contributed by atoms with van der Waals surface area (Å²) in [5, 5.41) is 3.18. The van der Waals surface area contributed by atoms with Crippen LogP contribution in [0.1, 0.15) is 39.0 Å². The van der Waals surface area contributed by atoms with Gasteiger partial charge in [0.1, 0.15) is 6.54 Å². The Morgan fingerprint density at radius 1 is 1.41 bits per heavy atom. The van der Waals surface area contributed by atoms with Gasteiger partial charge < -0.3 is 15.6 Å². The fraction of sp³-hybridized carbons (Fsp3) is 0.647. The summed E-state index contributed by atoms with van der Waals surface area (Å²) in [6, 6.07) is 3.50. The number of nitrogens with one attached hydrogen (secondary N) is 1. The number of aromatic nitrogens is 1. The maximum atomic E-state index is 12.3. The largest absolute Gasteiger partial charge is 0.394 e. The Labute approximate surface area is 130 Å². The predicted octanol–water partition coefficient (Wildman–Crippen LogP) is 1.76. The smallest absolute Gasteiger partial charge is 0.274 e. The number of anilines is 1. The van der Waals surface area contributed by atoms with Gasteiger partial charge in [-0.2, -0.15) is 0 Å². The highest BCUT2D eigenvalue weighted by atomic mass is 16.2. The van der Waals surface area contributed by atoms with Crippen molar-refractivity contribution in [1.82, 2.24) is 9.88 Å². The zero-order valence-electron chi connectivity index (χ0n) is 13.1. The number of carbonyl (C=O) groups excluding carboxylic acids is 1. The number of fused-ring (bicyclic) bond motifs is 2. The molecule has 2 saturated carbocycles. The molecule has 1 aromatic rings. The van der Waals surface area contributed by atoms with Gasteiger partial charge in [-0.1, -0.05) is 19.8 Å². The first-order valence-electron chi connectivity index (χ1n) is 8.29. The highest BCUT2D eigenvalue weighted by molar-refractivity contribution is 5.76. The SMILES string of the molecule is CC1CC2CCCC(C2)C1NC(=O)Cn1cccc(N)c1=O. The maximum Gasteiger partial charge on any atom is 0.274 e. The molecule has 1 aromatic heterocycles. The second-order valence-electron chi connectivity index (χ2n) is 7.00. The van der Waals surface area contributed by atoms with Crippen LogP contribution in [0.15, 0.2) is 23.1 Å². The van der Waals surface area contributed by atoms with Gasteiger partial charge in [0.15, 0.2) is 0 Å². The third kappa shape index (κ3) is 3.03. The number of carbonyl (C=O) groups is 1. The predicted molar refractivity (Wildman–Crippen MR) is 86.3 cm³/mol. The summed E-state index contributed by atoms with van der Waals surface area (Å²) in [7, 11) is 0. The fourth-order valence-corrected chi connectivity index (χ4v) is 4.34. The van der Waals surface area contributed by atoms with Gasteiger partial charge in [-0.25, -0.2) is 0 Å². The Bertz CT molecular complexity index is 608. The lowest BCUT2D eigenvalue weighted by atomic mass is 9.65. The van der Waals surface area contributed by atoms with Gasteiger partial charge in [0, 0.05) is 12.2 Å². The molecule has 2 fully saturated rings. The van der Waals surface area contributed by atoms with Crippen LogP contribution in [0.5, 0.6) is 0 Å². The standard InChI is InChI=1S/C17H25N3O2/c1-11-8-12-4-2-5-13(9-12)16(11)19-15(21)10-20-7-3-6-14(18)17(20)22/h3,6-7,11-13,16H,2,4-5,8-10,18H2,1H3,(H,19,21). The Kier molecular flexibility index (Phi) is 4.23. The topological polar surface area (TPSA) is 77.1 Å². The van der Waals surface area contributed by atoms with Crippen LogP contribution in [-0.2, 0) is 11.3 Å². The summed E-state index contributed by atoms with van der Waals surface area (Å²) in [6.45, 7) is 2.28. The van der Waals surface area contributed by atoms with E-state index in [9.17, 15) is 9.59 Å². The van der Waals surface area contributed by atoms with Crippen LogP contribution < -0.4 is 16.6 Å². The monoisotopic (exact) mass is 303 g/mol. The van der Waals surface area contributed by atoms with E-state index in [1.165, 1.54) is 36.7 Å². The normalized spacial score (nSPS) is 30.8. The molecular weight excluding hydrogens is 278 g/mol. The van der Waals surface area contributed by atoms with Crippen molar-refractivity contribution >= 4 is 11.6 Å². The van der Waals surface area contributed by atoms with E-state index in [1.54, 1.807) is 18.3 Å². The summed E-state index contributed by atoms with van der Waals surface area (Å²) in [5.41, 5.74) is 5.48. The molecule has 0 aromatic carbocycles. The minimum absolute atomic E-state index is 0.0449. The van der Waals surface area contributed by atoms with E-state index in [-0.39, 0.29) is 29.7 Å². The van der Waals surface area contributed by atoms with Gasteiger partial charge in [0.2, 0.25) is 5.91 Å². The zero-order valence-corrected chi connectivity index (χ0v) is 13.1. The maximum absolute atomic E-state index is 12.3. The number of amides is 1. The van der Waals surface area contributed by atoms with E-state index < -0.39 is 0 Å². The highest BCUT2D eigenvalue weighted by Crippen LogP contribution is 2.42. The number of hydrogen-bond donors (Lipinski definition) is 2. The highest BCUT2D eigenvalue weighted by Gasteiger charge is 2.38. The van der Waals surface area contributed by atoms with Crippen molar-refractivity contribution in [2.45, 2.75) is 51.6 Å². The Balaban J connectivity index is 1.66. The van der Waals surface area contributed by atoms with Crippen molar-refractivity contribution in [3.05, 3.63) is 28.7 Å². The molecule has 4 unspecified atom stereocenters. The first-order chi connectivity index (χ1) is 10.5. The van der Waals surface area contributed by atoms with Gasteiger partial charge in [-0.3, -0.25) is 9.59 Å². The molecule has 5 heteroatoms. The van der Waals surface area contributed by atoms with Crippen LogP contribution in [0.4, 0.5) is 5.69 Å². The van der Waals surface area contributed by atoms with E-state index >= 15 is 0 Å². The second kappa shape index (κ2) is 6.15. The van der Waals surface area contributed by atoms with Crippen LogP contribution in [0.3, 0.4) is 0 Å². The average molecular weight is 303 g/mol. The molecule has 22 heavy (non-hydrogen) atoms. The Hall–Kier alpha value is -1.78. The fourth-order valence-electron chi connectivity index (χ4n) is 4.34. The molecule has 3 N–H and O–H groups in total. The molecule has 2 aliphatic rings. The molecule has 0 saturated heterocycles. The number of nitrogens with zero attached hydrogens (tertiary/aromatic N) is 1. The Morgan fingerprint density at radius 2 is 2.23 bits per heavy atom. The molecule has 2 bridgehead atoms. The lowest BCUT2D eigenvalue weighted by molar-refractivity contribution is -0.124.